The summed E-state index contributed by atoms with van der Waals surface area (Å²) in [5.74, 6) is -0.145. The summed E-state index contributed by atoms with van der Waals surface area (Å²) >= 11 is 6.42. The number of halogens is 1. The molecule has 1 amide bonds. The highest BCUT2D eigenvalue weighted by Gasteiger charge is 2.27. The zero-order chi connectivity index (χ0) is 17.3. The van der Waals surface area contributed by atoms with E-state index < -0.39 is 10.0 Å². The second-order valence-electron chi connectivity index (χ2n) is 5.65. The number of nitrogens with zero attached hydrogens (tertiary/aromatic N) is 2. The van der Waals surface area contributed by atoms with Gasteiger partial charge in [-0.25, -0.2) is 18.1 Å². The van der Waals surface area contributed by atoms with Crippen LogP contribution in [0.1, 0.15) is 23.3 Å². The van der Waals surface area contributed by atoms with Crippen LogP contribution < -0.4 is 4.72 Å². The SMILES string of the molecule is CS(=O)(=O)NC1CCCN(C(=O)c2csc(-c3cc(Br)cs3)n2)C1. The Morgan fingerprint density at radius 1 is 1.42 bits per heavy atom. The number of carbonyl (C=O) groups excluding carboxylic acids is 1. The third-order valence-corrected chi connectivity index (χ3v) is 7.05. The molecule has 3 heterocycles. The van der Waals surface area contributed by atoms with Gasteiger partial charge < -0.3 is 4.90 Å². The van der Waals surface area contributed by atoms with Crippen LogP contribution in [0.4, 0.5) is 0 Å². The first kappa shape index (κ1) is 18.0. The van der Waals surface area contributed by atoms with Crippen LogP contribution >= 0.6 is 38.6 Å². The van der Waals surface area contributed by atoms with E-state index >= 15 is 0 Å². The number of amides is 1. The maximum Gasteiger partial charge on any atom is 0.273 e. The van der Waals surface area contributed by atoms with Gasteiger partial charge in [0.25, 0.3) is 5.91 Å². The number of rotatable bonds is 4. The van der Waals surface area contributed by atoms with Crippen LogP contribution in [0.5, 0.6) is 0 Å². The highest BCUT2D eigenvalue weighted by atomic mass is 79.9. The number of hydrogen-bond donors (Lipinski definition) is 1. The molecule has 0 radical (unpaired) electrons. The smallest absolute Gasteiger partial charge is 0.273 e. The molecule has 0 aliphatic carbocycles. The van der Waals surface area contributed by atoms with E-state index in [0.717, 1.165) is 33.5 Å². The van der Waals surface area contributed by atoms with Crippen molar-refractivity contribution in [3.63, 3.8) is 0 Å². The van der Waals surface area contributed by atoms with E-state index in [-0.39, 0.29) is 11.9 Å². The number of aromatic nitrogens is 1. The fourth-order valence-corrected chi connectivity index (χ4v) is 5.73. The van der Waals surface area contributed by atoms with Gasteiger partial charge in [-0.05, 0) is 34.8 Å². The van der Waals surface area contributed by atoms with Crippen LogP contribution in [0.2, 0.25) is 0 Å². The number of thiophene rings is 1. The number of sulfonamides is 1. The Kier molecular flexibility index (Phi) is 5.40. The topological polar surface area (TPSA) is 79.4 Å². The molecule has 24 heavy (non-hydrogen) atoms. The number of thiazole rings is 1. The van der Waals surface area contributed by atoms with Gasteiger partial charge in [0.2, 0.25) is 10.0 Å². The van der Waals surface area contributed by atoms with Crippen molar-refractivity contribution < 1.29 is 13.2 Å². The summed E-state index contributed by atoms with van der Waals surface area (Å²) < 4.78 is 26.3. The molecule has 0 spiro atoms. The van der Waals surface area contributed by atoms with Crippen LogP contribution in [0, 0.1) is 0 Å². The quantitative estimate of drug-likeness (QED) is 0.777. The number of likely N-dealkylation sites (tertiary alicyclic amines) is 1. The molecule has 1 atom stereocenters. The average Bonchev–Trinajstić information content (AvgIpc) is 3.13. The molecule has 0 aromatic carbocycles. The Bertz CT molecular complexity index is 846. The van der Waals surface area contributed by atoms with Crippen LogP contribution in [-0.2, 0) is 10.0 Å². The third kappa shape index (κ3) is 4.42. The van der Waals surface area contributed by atoms with Crippen LogP contribution in [0.3, 0.4) is 0 Å². The molecule has 0 bridgehead atoms. The predicted molar refractivity (Wildman–Crippen MR) is 100 cm³/mol. The number of piperidine rings is 1. The van der Waals surface area contributed by atoms with Gasteiger partial charge in [0.15, 0.2) is 0 Å². The summed E-state index contributed by atoms with van der Waals surface area (Å²) in [6.07, 6.45) is 2.65. The molecular weight excluding hydrogens is 434 g/mol. The Balaban J connectivity index is 1.71. The van der Waals surface area contributed by atoms with E-state index in [1.54, 1.807) is 21.6 Å². The molecular formula is C14H16BrN3O3S3. The minimum absolute atomic E-state index is 0.145. The average molecular weight is 450 g/mol. The van der Waals surface area contributed by atoms with E-state index in [0.29, 0.717) is 18.8 Å². The van der Waals surface area contributed by atoms with Gasteiger partial charge in [-0.2, -0.15) is 0 Å². The summed E-state index contributed by atoms with van der Waals surface area (Å²) in [5, 5.41) is 4.56. The van der Waals surface area contributed by atoms with Crippen molar-refractivity contribution >= 4 is 54.5 Å². The summed E-state index contributed by atoms with van der Waals surface area (Å²) in [7, 11) is -3.27. The number of hydrogen-bond acceptors (Lipinski definition) is 6. The van der Waals surface area contributed by atoms with Crippen molar-refractivity contribution in [2.75, 3.05) is 19.3 Å². The number of carbonyl (C=O) groups is 1. The molecule has 1 aliphatic rings. The summed E-state index contributed by atoms with van der Waals surface area (Å²) in [4.78, 5) is 19.8. The highest BCUT2D eigenvalue weighted by Crippen LogP contribution is 2.32. The van der Waals surface area contributed by atoms with E-state index in [4.69, 9.17) is 0 Å². The predicted octanol–water partition coefficient (Wildman–Crippen LogP) is 2.79. The molecule has 130 valence electrons. The molecule has 0 saturated carbocycles. The van der Waals surface area contributed by atoms with Gasteiger partial charge in [-0.15, -0.1) is 22.7 Å². The minimum atomic E-state index is -3.27. The van der Waals surface area contributed by atoms with E-state index in [1.807, 2.05) is 11.4 Å². The molecule has 10 heteroatoms. The molecule has 1 fully saturated rings. The summed E-state index contributed by atoms with van der Waals surface area (Å²) in [5.41, 5.74) is 0.416. The standard InChI is InChI=1S/C14H16BrN3O3S3/c1-24(20,21)17-10-3-2-4-18(6-10)14(19)11-8-23-13(16-11)12-5-9(15)7-22-12/h5,7-8,10,17H,2-4,6H2,1H3. The molecule has 1 N–H and O–H groups in total. The van der Waals surface area contributed by atoms with Crippen LogP contribution in [-0.4, -0.2) is 49.6 Å². The molecule has 1 saturated heterocycles. The Morgan fingerprint density at radius 2 is 2.21 bits per heavy atom. The highest BCUT2D eigenvalue weighted by molar-refractivity contribution is 9.10. The van der Waals surface area contributed by atoms with Crippen molar-refractivity contribution in [3.05, 3.63) is 27.0 Å². The molecule has 2 aromatic heterocycles. The van der Waals surface area contributed by atoms with Crippen molar-refractivity contribution in [1.82, 2.24) is 14.6 Å². The first-order chi connectivity index (χ1) is 11.3. The van der Waals surface area contributed by atoms with Gasteiger partial charge in [0, 0.05) is 34.4 Å². The lowest BCUT2D eigenvalue weighted by atomic mass is 10.1. The van der Waals surface area contributed by atoms with Crippen LogP contribution in [0.15, 0.2) is 21.3 Å². The summed E-state index contributed by atoms with van der Waals surface area (Å²) in [6.45, 7) is 1.00. The molecule has 1 aliphatic heterocycles. The van der Waals surface area contributed by atoms with Gasteiger partial charge in [-0.3, -0.25) is 4.79 Å². The normalized spacial score (nSPS) is 18.8. The molecule has 3 rings (SSSR count). The summed E-state index contributed by atoms with van der Waals surface area (Å²) in [6, 6.07) is 1.74. The minimum Gasteiger partial charge on any atom is -0.336 e. The maximum absolute atomic E-state index is 12.6. The number of nitrogens with one attached hydrogen (secondary N) is 1. The lowest BCUT2D eigenvalue weighted by molar-refractivity contribution is 0.0698. The zero-order valence-electron chi connectivity index (χ0n) is 12.9. The second-order valence-corrected chi connectivity index (χ2v) is 10.1. The van der Waals surface area contributed by atoms with Gasteiger partial charge in [0.05, 0.1) is 11.1 Å². The van der Waals surface area contributed by atoms with Crippen molar-refractivity contribution in [2.24, 2.45) is 0 Å². The van der Waals surface area contributed by atoms with Crippen molar-refractivity contribution in [3.8, 4) is 9.88 Å². The molecule has 1 unspecified atom stereocenters. The molecule has 2 aromatic rings. The first-order valence-corrected chi connectivity index (χ1v) is 11.7. The van der Waals surface area contributed by atoms with Gasteiger partial charge in [-0.1, -0.05) is 0 Å². The van der Waals surface area contributed by atoms with Gasteiger partial charge in [0.1, 0.15) is 10.7 Å². The van der Waals surface area contributed by atoms with Crippen molar-refractivity contribution in [2.45, 2.75) is 18.9 Å². The van der Waals surface area contributed by atoms with E-state index in [1.165, 1.54) is 11.3 Å². The van der Waals surface area contributed by atoms with Crippen molar-refractivity contribution in [1.29, 1.82) is 0 Å². The largest absolute Gasteiger partial charge is 0.336 e. The monoisotopic (exact) mass is 449 g/mol. The van der Waals surface area contributed by atoms with Crippen LogP contribution in [0.25, 0.3) is 9.88 Å². The maximum atomic E-state index is 12.6. The molecule has 6 nitrogen and oxygen atoms in total. The Hall–Kier alpha value is -0.810. The Labute approximate surface area is 157 Å². The van der Waals surface area contributed by atoms with E-state index in [2.05, 4.69) is 25.6 Å². The lowest BCUT2D eigenvalue weighted by Gasteiger charge is -2.32. The first-order valence-electron chi connectivity index (χ1n) is 7.28. The Morgan fingerprint density at radius 3 is 2.88 bits per heavy atom. The fourth-order valence-electron chi connectivity index (χ4n) is 2.63. The third-order valence-electron chi connectivity index (χ3n) is 3.59. The van der Waals surface area contributed by atoms with Gasteiger partial charge >= 0.3 is 0 Å². The second kappa shape index (κ2) is 7.20. The lowest BCUT2D eigenvalue weighted by Crippen LogP contribution is -2.49. The fraction of sp³-hybridized carbons (Fsp3) is 0.429. The zero-order valence-corrected chi connectivity index (χ0v) is 16.9. The van der Waals surface area contributed by atoms with E-state index in [9.17, 15) is 13.2 Å².